The molecule has 0 heterocycles. The van der Waals surface area contributed by atoms with E-state index in [9.17, 15) is 36.6 Å². The molecule has 1 aromatic rings. The molecular weight excluding hydrogens is 302 g/mol. The predicted octanol–water partition coefficient (Wildman–Crippen LogP) is 4.05. The minimum atomic E-state index is -6.01. The summed E-state index contributed by atoms with van der Waals surface area (Å²) in [6, 6.07) is 2.59. The SMILES string of the molecule is CCCCc1cccc(C(O)(C(F)(F)F)C(F)(F)F)c1O. The van der Waals surface area contributed by atoms with Crippen molar-refractivity contribution >= 4 is 0 Å². The summed E-state index contributed by atoms with van der Waals surface area (Å²) in [4.78, 5) is 0. The summed E-state index contributed by atoms with van der Waals surface area (Å²) in [6.07, 6.45) is -10.8. The summed E-state index contributed by atoms with van der Waals surface area (Å²) in [6.45, 7) is 1.78. The molecule has 0 unspecified atom stereocenters. The Kier molecular flexibility index (Phi) is 4.82. The minimum absolute atomic E-state index is 0.0683. The number of unbranched alkanes of at least 4 members (excludes halogenated alkanes) is 1. The molecule has 0 atom stereocenters. The lowest BCUT2D eigenvalue weighted by Crippen LogP contribution is -2.54. The number of phenolic OH excluding ortho intramolecular Hbond substituents is 1. The van der Waals surface area contributed by atoms with Crippen LogP contribution in [0.15, 0.2) is 18.2 Å². The average molecular weight is 316 g/mol. The molecule has 0 aromatic heterocycles. The fourth-order valence-electron chi connectivity index (χ4n) is 1.92. The molecular formula is C13H14F6O2. The normalized spacial score (nSPS) is 13.5. The van der Waals surface area contributed by atoms with Gasteiger partial charge in [-0.25, -0.2) is 0 Å². The van der Waals surface area contributed by atoms with Gasteiger partial charge in [0.1, 0.15) is 5.75 Å². The van der Waals surface area contributed by atoms with E-state index in [4.69, 9.17) is 0 Å². The molecule has 8 heteroatoms. The Hall–Kier alpha value is -1.44. The number of rotatable bonds is 4. The molecule has 1 rings (SSSR count). The lowest BCUT2D eigenvalue weighted by Gasteiger charge is -2.33. The number of para-hydroxylation sites is 1. The van der Waals surface area contributed by atoms with E-state index in [1.54, 1.807) is 6.92 Å². The summed E-state index contributed by atoms with van der Waals surface area (Å²) in [5, 5.41) is 19.0. The van der Waals surface area contributed by atoms with Crippen LogP contribution in [0.5, 0.6) is 5.75 Å². The summed E-state index contributed by atoms with van der Waals surface area (Å²) in [5.74, 6) is -1.18. The predicted molar refractivity (Wildman–Crippen MR) is 62.7 cm³/mol. The molecule has 0 bridgehead atoms. The Morgan fingerprint density at radius 1 is 1.00 bits per heavy atom. The number of hydrogen-bond donors (Lipinski definition) is 2. The van der Waals surface area contributed by atoms with Crippen molar-refractivity contribution in [2.24, 2.45) is 0 Å². The highest BCUT2D eigenvalue weighted by Crippen LogP contribution is 2.52. The fourth-order valence-corrected chi connectivity index (χ4v) is 1.92. The van der Waals surface area contributed by atoms with Crippen LogP contribution in [0, 0.1) is 0 Å². The quantitative estimate of drug-likeness (QED) is 0.823. The van der Waals surface area contributed by atoms with Crippen molar-refractivity contribution in [2.45, 2.75) is 44.1 Å². The zero-order chi connectivity index (χ0) is 16.5. The highest BCUT2D eigenvalue weighted by atomic mass is 19.4. The van der Waals surface area contributed by atoms with Gasteiger partial charge in [0.05, 0.1) is 0 Å². The summed E-state index contributed by atoms with van der Waals surface area (Å²) < 4.78 is 76.6. The van der Waals surface area contributed by atoms with E-state index in [0.717, 1.165) is 6.07 Å². The van der Waals surface area contributed by atoms with Gasteiger partial charge in [0.25, 0.3) is 5.60 Å². The maximum Gasteiger partial charge on any atom is 0.430 e. The first-order valence-corrected chi connectivity index (χ1v) is 6.14. The standard InChI is InChI=1S/C13H14F6O2/c1-2-3-5-8-6-4-7-9(10(8)20)11(21,12(14,15)16)13(17,18)19/h4,6-7,20-21H,2-3,5H2,1H3. The molecule has 0 fully saturated rings. The van der Waals surface area contributed by atoms with Crippen LogP contribution < -0.4 is 0 Å². The molecule has 2 N–H and O–H groups in total. The van der Waals surface area contributed by atoms with Gasteiger partial charge in [-0.2, -0.15) is 26.3 Å². The van der Waals surface area contributed by atoms with E-state index in [-0.39, 0.29) is 12.0 Å². The largest absolute Gasteiger partial charge is 0.507 e. The molecule has 21 heavy (non-hydrogen) atoms. The number of aromatic hydroxyl groups is 1. The Bertz CT molecular complexity index is 478. The third-order valence-electron chi connectivity index (χ3n) is 3.13. The van der Waals surface area contributed by atoms with Gasteiger partial charge < -0.3 is 10.2 Å². The van der Waals surface area contributed by atoms with Gasteiger partial charge in [-0.05, 0) is 18.4 Å². The first kappa shape index (κ1) is 17.6. The monoisotopic (exact) mass is 316 g/mol. The summed E-state index contributed by atoms with van der Waals surface area (Å²) >= 11 is 0. The molecule has 0 aliphatic rings. The summed E-state index contributed by atoms with van der Waals surface area (Å²) in [5.41, 5.74) is -6.77. The van der Waals surface area contributed by atoms with Crippen LogP contribution in [-0.2, 0) is 12.0 Å². The van der Waals surface area contributed by atoms with E-state index in [0.29, 0.717) is 18.9 Å². The molecule has 120 valence electrons. The Morgan fingerprint density at radius 2 is 1.52 bits per heavy atom. The molecule has 0 saturated carbocycles. The third-order valence-corrected chi connectivity index (χ3v) is 3.13. The number of phenols is 1. The second kappa shape index (κ2) is 5.75. The lowest BCUT2D eigenvalue weighted by atomic mass is 9.89. The number of alkyl halides is 6. The van der Waals surface area contributed by atoms with Crippen LogP contribution in [-0.4, -0.2) is 22.6 Å². The van der Waals surface area contributed by atoms with Gasteiger partial charge in [-0.3, -0.25) is 0 Å². The van der Waals surface area contributed by atoms with Crippen molar-refractivity contribution in [2.75, 3.05) is 0 Å². The van der Waals surface area contributed by atoms with E-state index in [1.165, 1.54) is 6.07 Å². The molecule has 0 amide bonds. The van der Waals surface area contributed by atoms with Gasteiger partial charge in [-0.1, -0.05) is 31.5 Å². The van der Waals surface area contributed by atoms with Crippen molar-refractivity contribution in [3.05, 3.63) is 29.3 Å². The van der Waals surface area contributed by atoms with Gasteiger partial charge in [0.15, 0.2) is 0 Å². The molecule has 0 saturated heterocycles. The van der Waals surface area contributed by atoms with E-state index in [2.05, 4.69) is 0 Å². The van der Waals surface area contributed by atoms with Crippen LogP contribution in [0.4, 0.5) is 26.3 Å². The highest BCUT2D eigenvalue weighted by molar-refractivity contribution is 5.45. The van der Waals surface area contributed by atoms with Crippen molar-refractivity contribution in [3.63, 3.8) is 0 Å². The van der Waals surface area contributed by atoms with Crippen molar-refractivity contribution in [1.82, 2.24) is 0 Å². The zero-order valence-electron chi connectivity index (χ0n) is 11.0. The van der Waals surface area contributed by atoms with Crippen molar-refractivity contribution in [1.29, 1.82) is 0 Å². The molecule has 0 aliphatic carbocycles. The third kappa shape index (κ3) is 3.09. The van der Waals surface area contributed by atoms with E-state index < -0.39 is 29.3 Å². The molecule has 0 aliphatic heterocycles. The summed E-state index contributed by atoms with van der Waals surface area (Å²) in [7, 11) is 0. The molecule has 0 radical (unpaired) electrons. The highest BCUT2D eigenvalue weighted by Gasteiger charge is 2.72. The minimum Gasteiger partial charge on any atom is -0.507 e. The maximum atomic E-state index is 12.8. The second-order valence-corrected chi connectivity index (χ2v) is 4.62. The zero-order valence-corrected chi connectivity index (χ0v) is 11.0. The van der Waals surface area contributed by atoms with Crippen molar-refractivity contribution < 1.29 is 36.6 Å². The van der Waals surface area contributed by atoms with Crippen LogP contribution in [0.3, 0.4) is 0 Å². The van der Waals surface area contributed by atoms with Crippen LogP contribution >= 0.6 is 0 Å². The van der Waals surface area contributed by atoms with Gasteiger partial charge in [0, 0.05) is 5.56 Å². The van der Waals surface area contributed by atoms with E-state index in [1.807, 2.05) is 0 Å². The topological polar surface area (TPSA) is 40.5 Å². The van der Waals surface area contributed by atoms with Crippen LogP contribution in [0.2, 0.25) is 0 Å². The lowest BCUT2D eigenvalue weighted by molar-refractivity contribution is -0.376. The smallest absolute Gasteiger partial charge is 0.430 e. The number of hydrogen-bond acceptors (Lipinski definition) is 2. The molecule has 2 nitrogen and oxygen atoms in total. The Labute approximate surface area is 117 Å². The first-order valence-electron chi connectivity index (χ1n) is 6.14. The fraction of sp³-hybridized carbons (Fsp3) is 0.538. The van der Waals surface area contributed by atoms with Gasteiger partial charge >= 0.3 is 12.4 Å². The van der Waals surface area contributed by atoms with Crippen molar-refractivity contribution in [3.8, 4) is 5.75 Å². The Morgan fingerprint density at radius 3 is 1.95 bits per heavy atom. The average Bonchev–Trinajstić information content (AvgIpc) is 2.34. The van der Waals surface area contributed by atoms with Crippen LogP contribution in [0.25, 0.3) is 0 Å². The molecule has 0 spiro atoms. The number of halogens is 6. The van der Waals surface area contributed by atoms with E-state index >= 15 is 0 Å². The second-order valence-electron chi connectivity index (χ2n) is 4.62. The van der Waals surface area contributed by atoms with Crippen LogP contribution in [0.1, 0.15) is 30.9 Å². The van der Waals surface area contributed by atoms with Gasteiger partial charge in [-0.15, -0.1) is 0 Å². The Balaban J connectivity index is 3.48. The number of aryl methyl sites for hydroxylation is 1. The first-order chi connectivity index (χ1) is 9.46. The number of benzene rings is 1. The molecule has 1 aromatic carbocycles. The maximum absolute atomic E-state index is 12.8. The van der Waals surface area contributed by atoms with Gasteiger partial charge in [0.2, 0.25) is 0 Å². The number of aliphatic hydroxyl groups is 1.